The molecular formula is C19H26N4O3. The summed E-state index contributed by atoms with van der Waals surface area (Å²) < 4.78 is 10.6. The maximum Gasteiger partial charge on any atom is 0.259 e. The number of amides is 1. The van der Waals surface area contributed by atoms with E-state index >= 15 is 0 Å². The highest BCUT2D eigenvalue weighted by Crippen LogP contribution is 2.41. The fourth-order valence-electron chi connectivity index (χ4n) is 3.64. The molecule has 1 unspecified atom stereocenters. The molecule has 7 nitrogen and oxygen atoms in total. The van der Waals surface area contributed by atoms with Crippen molar-refractivity contribution in [3.63, 3.8) is 0 Å². The Kier molecular flexibility index (Phi) is 5.17. The number of pyridine rings is 1. The molecule has 26 heavy (non-hydrogen) atoms. The van der Waals surface area contributed by atoms with Crippen LogP contribution in [0, 0.1) is 0 Å². The Morgan fingerprint density at radius 2 is 2.27 bits per heavy atom. The number of methoxy groups -OCH3 is 1. The first kappa shape index (κ1) is 17.4. The lowest BCUT2D eigenvalue weighted by Crippen LogP contribution is -2.29. The van der Waals surface area contributed by atoms with Gasteiger partial charge in [0.05, 0.1) is 16.6 Å². The van der Waals surface area contributed by atoms with Gasteiger partial charge in [-0.2, -0.15) is 0 Å². The van der Waals surface area contributed by atoms with Crippen LogP contribution in [0.1, 0.15) is 65.7 Å². The van der Waals surface area contributed by atoms with Gasteiger partial charge in [-0.25, -0.2) is 4.98 Å². The van der Waals surface area contributed by atoms with Crippen molar-refractivity contribution in [2.24, 2.45) is 0 Å². The quantitative estimate of drug-likeness (QED) is 0.739. The Labute approximate surface area is 152 Å². The van der Waals surface area contributed by atoms with Gasteiger partial charge in [0.25, 0.3) is 11.6 Å². The summed E-state index contributed by atoms with van der Waals surface area (Å²) in [5.74, 6) is 0.631. The third-order valence-electron chi connectivity index (χ3n) is 5.23. The van der Waals surface area contributed by atoms with Crippen molar-refractivity contribution < 1.29 is 14.1 Å². The Balaban J connectivity index is 1.67. The van der Waals surface area contributed by atoms with Crippen LogP contribution in [-0.4, -0.2) is 49.4 Å². The molecule has 2 N–H and O–H groups in total. The zero-order chi connectivity index (χ0) is 17.9. The summed E-state index contributed by atoms with van der Waals surface area (Å²) in [5, 5.41) is 11.5. The summed E-state index contributed by atoms with van der Waals surface area (Å²) in [6, 6.07) is 1.95. The third-order valence-corrected chi connectivity index (χ3v) is 5.23. The van der Waals surface area contributed by atoms with E-state index in [4.69, 9.17) is 9.26 Å². The Bertz CT molecular complexity index is 778. The predicted octanol–water partition coefficient (Wildman–Crippen LogP) is 2.33. The van der Waals surface area contributed by atoms with Gasteiger partial charge in [-0.05, 0) is 44.7 Å². The maximum atomic E-state index is 12.9. The number of carbonyl (C=O) groups excluding carboxylic acids is 1. The van der Waals surface area contributed by atoms with Gasteiger partial charge in [0.15, 0.2) is 0 Å². The molecule has 1 atom stereocenters. The van der Waals surface area contributed by atoms with Gasteiger partial charge >= 0.3 is 0 Å². The standard InChI is InChI=1S/C19H26N4O3/c1-25-9-3-8-21-18(24)14-10-15(12-5-6-12)22-19-16(14)17(23-26-19)13-4-2-7-20-11-13/h10,12-13,20H,2-9,11H2,1H3,(H,21,24). The van der Waals surface area contributed by atoms with Crippen LogP contribution in [0.15, 0.2) is 10.6 Å². The second-order valence-electron chi connectivity index (χ2n) is 7.26. The molecule has 1 aliphatic carbocycles. The highest BCUT2D eigenvalue weighted by molar-refractivity contribution is 6.06. The minimum absolute atomic E-state index is 0.0800. The Hall–Kier alpha value is -1.99. The summed E-state index contributed by atoms with van der Waals surface area (Å²) in [6.07, 6.45) is 5.19. The van der Waals surface area contributed by atoms with Gasteiger partial charge in [0.1, 0.15) is 0 Å². The number of hydrogen-bond acceptors (Lipinski definition) is 6. The molecule has 2 aliphatic rings. The maximum absolute atomic E-state index is 12.9. The number of nitrogens with zero attached hydrogens (tertiary/aromatic N) is 2. The van der Waals surface area contributed by atoms with Gasteiger partial charge in [0, 0.05) is 44.3 Å². The first-order valence-corrected chi connectivity index (χ1v) is 9.56. The van der Waals surface area contributed by atoms with E-state index in [2.05, 4.69) is 20.8 Å². The van der Waals surface area contributed by atoms with E-state index in [-0.39, 0.29) is 11.8 Å². The first-order chi connectivity index (χ1) is 12.8. The van der Waals surface area contributed by atoms with Crippen molar-refractivity contribution in [3.05, 3.63) is 23.0 Å². The fourth-order valence-corrected chi connectivity index (χ4v) is 3.64. The molecular weight excluding hydrogens is 332 g/mol. The molecule has 7 heteroatoms. The second kappa shape index (κ2) is 7.72. The SMILES string of the molecule is COCCCNC(=O)c1cc(C2CC2)nc2onc(C3CCCNC3)c12. The average molecular weight is 358 g/mol. The molecule has 1 saturated heterocycles. The fraction of sp³-hybridized carbons (Fsp3) is 0.632. The average Bonchev–Trinajstić information content (AvgIpc) is 3.44. The lowest BCUT2D eigenvalue weighted by atomic mass is 9.92. The molecule has 0 radical (unpaired) electrons. The van der Waals surface area contributed by atoms with Crippen molar-refractivity contribution in [3.8, 4) is 0 Å². The van der Waals surface area contributed by atoms with Crippen LogP contribution >= 0.6 is 0 Å². The van der Waals surface area contributed by atoms with E-state index in [0.717, 1.165) is 62.0 Å². The van der Waals surface area contributed by atoms with Crippen LogP contribution < -0.4 is 10.6 Å². The number of ether oxygens (including phenoxy) is 1. The summed E-state index contributed by atoms with van der Waals surface area (Å²) >= 11 is 0. The van der Waals surface area contributed by atoms with Crippen LogP contribution in [0.3, 0.4) is 0 Å². The molecule has 1 saturated carbocycles. The lowest BCUT2D eigenvalue weighted by Gasteiger charge is -2.21. The highest BCUT2D eigenvalue weighted by atomic mass is 16.5. The van der Waals surface area contributed by atoms with E-state index in [0.29, 0.717) is 30.3 Å². The van der Waals surface area contributed by atoms with E-state index in [9.17, 15) is 4.79 Å². The summed E-state index contributed by atoms with van der Waals surface area (Å²) in [5.41, 5.74) is 2.96. The van der Waals surface area contributed by atoms with Gasteiger partial charge < -0.3 is 19.9 Å². The molecule has 1 amide bonds. The molecule has 4 rings (SSSR count). The zero-order valence-electron chi connectivity index (χ0n) is 15.2. The number of fused-ring (bicyclic) bond motifs is 1. The Morgan fingerprint density at radius 1 is 1.38 bits per heavy atom. The van der Waals surface area contributed by atoms with Crippen LogP contribution in [-0.2, 0) is 4.74 Å². The lowest BCUT2D eigenvalue weighted by molar-refractivity contribution is 0.0950. The first-order valence-electron chi connectivity index (χ1n) is 9.56. The minimum atomic E-state index is -0.0800. The predicted molar refractivity (Wildman–Crippen MR) is 97.4 cm³/mol. The normalized spacial score (nSPS) is 20.4. The molecule has 1 aliphatic heterocycles. The molecule has 140 valence electrons. The summed E-state index contributed by atoms with van der Waals surface area (Å²) in [4.78, 5) is 17.5. The van der Waals surface area contributed by atoms with Crippen molar-refractivity contribution in [2.75, 3.05) is 33.4 Å². The highest BCUT2D eigenvalue weighted by Gasteiger charge is 2.31. The van der Waals surface area contributed by atoms with Gasteiger partial charge in [0.2, 0.25) is 0 Å². The smallest absolute Gasteiger partial charge is 0.259 e. The molecule has 0 spiro atoms. The molecule has 2 aromatic rings. The largest absolute Gasteiger partial charge is 0.385 e. The Morgan fingerprint density at radius 3 is 3.00 bits per heavy atom. The third kappa shape index (κ3) is 3.59. The molecule has 2 aromatic heterocycles. The van der Waals surface area contributed by atoms with E-state index < -0.39 is 0 Å². The van der Waals surface area contributed by atoms with E-state index in [1.165, 1.54) is 0 Å². The van der Waals surface area contributed by atoms with Gasteiger partial charge in [-0.3, -0.25) is 4.79 Å². The zero-order valence-corrected chi connectivity index (χ0v) is 15.2. The van der Waals surface area contributed by atoms with Crippen LogP contribution in [0.4, 0.5) is 0 Å². The van der Waals surface area contributed by atoms with Gasteiger partial charge in [-0.1, -0.05) is 5.16 Å². The number of piperidine rings is 1. The monoisotopic (exact) mass is 358 g/mol. The van der Waals surface area contributed by atoms with Crippen LogP contribution in [0.2, 0.25) is 0 Å². The molecule has 0 bridgehead atoms. The number of nitrogens with one attached hydrogen (secondary N) is 2. The van der Waals surface area contributed by atoms with Crippen molar-refractivity contribution in [1.29, 1.82) is 0 Å². The minimum Gasteiger partial charge on any atom is -0.385 e. The van der Waals surface area contributed by atoms with E-state index in [1.54, 1.807) is 7.11 Å². The van der Waals surface area contributed by atoms with Crippen molar-refractivity contribution in [1.82, 2.24) is 20.8 Å². The van der Waals surface area contributed by atoms with Crippen molar-refractivity contribution >= 4 is 17.0 Å². The topological polar surface area (TPSA) is 89.3 Å². The molecule has 2 fully saturated rings. The second-order valence-corrected chi connectivity index (χ2v) is 7.26. The molecule has 3 heterocycles. The molecule has 0 aromatic carbocycles. The number of carbonyl (C=O) groups is 1. The van der Waals surface area contributed by atoms with Crippen LogP contribution in [0.25, 0.3) is 11.1 Å². The van der Waals surface area contributed by atoms with E-state index in [1.807, 2.05) is 6.07 Å². The number of aromatic nitrogens is 2. The van der Waals surface area contributed by atoms with Crippen LogP contribution in [0.5, 0.6) is 0 Å². The summed E-state index contributed by atoms with van der Waals surface area (Å²) in [7, 11) is 1.66. The summed E-state index contributed by atoms with van der Waals surface area (Å²) in [6.45, 7) is 3.11. The number of rotatable bonds is 7. The van der Waals surface area contributed by atoms with Crippen molar-refractivity contribution in [2.45, 2.75) is 43.9 Å². The van der Waals surface area contributed by atoms with Gasteiger partial charge in [-0.15, -0.1) is 0 Å². The number of hydrogen-bond donors (Lipinski definition) is 2.